The molecule has 2 atom stereocenters. The lowest BCUT2D eigenvalue weighted by molar-refractivity contribution is -0.188. The molecule has 0 radical (unpaired) electrons. The van der Waals surface area contributed by atoms with Crippen LogP contribution in [0.15, 0.2) is 18.2 Å². The number of methoxy groups -OCH3 is 1. The molecule has 3 rings (SSSR count). The molecule has 2 fully saturated rings. The molecule has 8 heteroatoms. The highest BCUT2D eigenvalue weighted by atomic mass is 19.4. The number of likely N-dealkylation sites (tertiary alicyclic amines) is 1. The molecule has 1 aromatic carbocycles. The first-order chi connectivity index (χ1) is 12.6. The maximum absolute atomic E-state index is 13.2. The van der Waals surface area contributed by atoms with Gasteiger partial charge < -0.3 is 14.7 Å². The molecule has 0 spiro atoms. The fourth-order valence-electron chi connectivity index (χ4n) is 4.13. The van der Waals surface area contributed by atoms with E-state index in [9.17, 15) is 27.9 Å². The van der Waals surface area contributed by atoms with Crippen molar-refractivity contribution in [3.63, 3.8) is 0 Å². The van der Waals surface area contributed by atoms with E-state index in [0.29, 0.717) is 24.2 Å². The van der Waals surface area contributed by atoms with Gasteiger partial charge in [-0.2, -0.15) is 13.2 Å². The molecule has 1 saturated heterocycles. The van der Waals surface area contributed by atoms with Crippen LogP contribution in [0.25, 0.3) is 0 Å². The summed E-state index contributed by atoms with van der Waals surface area (Å²) in [5.74, 6) is -4.99. The minimum absolute atomic E-state index is 0.414. The molecular weight excluding hydrogens is 363 g/mol. The molecule has 2 aliphatic rings. The van der Waals surface area contributed by atoms with E-state index in [1.54, 1.807) is 12.1 Å². The molecule has 148 valence electrons. The second-order valence-corrected chi connectivity index (χ2v) is 7.42. The highest BCUT2D eigenvalue weighted by Gasteiger charge is 2.57. The number of nitrogens with zero attached hydrogens (tertiary/aromatic N) is 1. The molecule has 0 bridgehead atoms. The second-order valence-electron chi connectivity index (χ2n) is 7.42. The number of amides is 1. The Hall–Kier alpha value is -2.25. The summed E-state index contributed by atoms with van der Waals surface area (Å²) in [6, 6.07) is 5.39. The normalized spacial score (nSPS) is 24.4. The van der Waals surface area contributed by atoms with Crippen LogP contribution in [-0.2, 0) is 15.0 Å². The Bertz CT molecular complexity index is 758. The van der Waals surface area contributed by atoms with Gasteiger partial charge in [0.2, 0.25) is 5.91 Å². The van der Waals surface area contributed by atoms with Crippen molar-refractivity contribution in [2.24, 2.45) is 11.8 Å². The predicted octanol–water partition coefficient (Wildman–Crippen LogP) is 3.15. The molecule has 0 unspecified atom stereocenters. The first kappa shape index (κ1) is 19.5. The van der Waals surface area contributed by atoms with Gasteiger partial charge in [0.1, 0.15) is 5.75 Å². The quantitative estimate of drug-likeness (QED) is 0.865. The van der Waals surface area contributed by atoms with Gasteiger partial charge in [-0.1, -0.05) is 18.6 Å². The summed E-state index contributed by atoms with van der Waals surface area (Å²) >= 11 is 0. The van der Waals surface area contributed by atoms with Crippen molar-refractivity contribution in [2.75, 3.05) is 20.2 Å². The lowest BCUT2D eigenvalue weighted by atomic mass is 9.63. The lowest BCUT2D eigenvalue weighted by Crippen LogP contribution is -2.50. The van der Waals surface area contributed by atoms with Crippen molar-refractivity contribution in [2.45, 2.75) is 37.8 Å². The smallest absolute Gasteiger partial charge is 0.394 e. The number of ether oxygens (including phenoxy) is 1. The maximum Gasteiger partial charge on any atom is 0.394 e. The summed E-state index contributed by atoms with van der Waals surface area (Å²) in [6.45, 7) is 0.844. The Kier molecular flexibility index (Phi) is 4.86. The van der Waals surface area contributed by atoms with Gasteiger partial charge in [-0.05, 0) is 37.0 Å². The molecule has 0 aromatic heterocycles. The first-order valence-corrected chi connectivity index (χ1v) is 8.84. The van der Waals surface area contributed by atoms with Crippen molar-refractivity contribution in [3.8, 4) is 5.75 Å². The molecule has 1 amide bonds. The lowest BCUT2D eigenvalue weighted by Gasteiger charge is -2.43. The maximum atomic E-state index is 13.2. The number of aryl methyl sites for hydroxylation is 1. The van der Waals surface area contributed by atoms with E-state index < -0.39 is 48.4 Å². The minimum atomic E-state index is -4.65. The molecule has 1 aliphatic heterocycles. The summed E-state index contributed by atoms with van der Waals surface area (Å²) in [5.41, 5.74) is 0.709. The molecule has 1 N–H and O–H groups in total. The van der Waals surface area contributed by atoms with Crippen LogP contribution in [0.3, 0.4) is 0 Å². The number of carboxylic acid groups (broad SMARTS) is 1. The van der Waals surface area contributed by atoms with Crippen LogP contribution < -0.4 is 4.74 Å². The van der Waals surface area contributed by atoms with Gasteiger partial charge in [-0.15, -0.1) is 0 Å². The highest BCUT2D eigenvalue weighted by molar-refractivity contribution is 5.90. The number of carbonyl (C=O) groups is 2. The van der Waals surface area contributed by atoms with Gasteiger partial charge in [-0.25, -0.2) is 0 Å². The fraction of sp³-hybridized carbons (Fsp3) is 0.579. The molecule has 1 aromatic rings. The van der Waals surface area contributed by atoms with Gasteiger partial charge in [0.25, 0.3) is 0 Å². The van der Waals surface area contributed by atoms with E-state index in [1.807, 2.05) is 13.0 Å². The molecule has 27 heavy (non-hydrogen) atoms. The zero-order valence-electron chi connectivity index (χ0n) is 15.2. The Morgan fingerprint density at radius 1 is 1.26 bits per heavy atom. The van der Waals surface area contributed by atoms with Crippen molar-refractivity contribution in [1.29, 1.82) is 0 Å². The number of aliphatic carboxylic acids is 1. The molecule has 1 heterocycles. The van der Waals surface area contributed by atoms with Crippen LogP contribution in [0.1, 0.15) is 30.4 Å². The van der Waals surface area contributed by atoms with Gasteiger partial charge in [0.15, 0.2) is 0 Å². The molecule has 1 aliphatic carbocycles. The van der Waals surface area contributed by atoms with Crippen LogP contribution in [0.2, 0.25) is 0 Å². The van der Waals surface area contributed by atoms with Crippen molar-refractivity contribution >= 4 is 11.9 Å². The first-order valence-electron chi connectivity index (χ1n) is 8.84. The Morgan fingerprint density at radius 3 is 2.37 bits per heavy atom. The zero-order chi connectivity index (χ0) is 20.0. The monoisotopic (exact) mass is 385 g/mol. The van der Waals surface area contributed by atoms with E-state index in [1.165, 1.54) is 7.11 Å². The average molecular weight is 385 g/mol. The predicted molar refractivity (Wildman–Crippen MR) is 90.5 cm³/mol. The van der Waals surface area contributed by atoms with E-state index in [2.05, 4.69) is 0 Å². The summed E-state index contributed by atoms with van der Waals surface area (Å²) in [7, 11) is 1.52. The number of carbonyl (C=O) groups excluding carboxylic acids is 1. The number of rotatable bonds is 4. The number of halogens is 3. The molecular formula is C19H22F3NO4. The van der Waals surface area contributed by atoms with Crippen molar-refractivity contribution in [1.82, 2.24) is 4.90 Å². The zero-order valence-corrected chi connectivity index (χ0v) is 15.2. The third kappa shape index (κ3) is 3.26. The van der Waals surface area contributed by atoms with Crippen LogP contribution >= 0.6 is 0 Å². The van der Waals surface area contributed by atoms with Crippen molar-refractivity contribution < 1.29 is 32.6 Å². The van der Waals surface area contributed by atoms with E-state index in [4.69, 9.17) is 4.74 Å². The number of benzene rings is 1. The highest BCUT2D eigenvalue weighted by Crippen LogP contribution is 2.48. The van der Waals surface area contributed by atoms with E-state index >= 15 is 0 Å². The van der Waals surface area contributed by atoms with E-state index in [0.717, 1.165) is 16.9 Å². The standard InChI is InChI=1S/C19H22F3NO4/c1-11-4-5-12(8-15(11)27-2)18(6-3-7-18)17(26)23-9-13(16(24)25)14(10-23)19(20,21)22/h4-5,8,13-14H,3,6-7,9-10H2,1-2H3,(H,24,25)/t13-,14-/m1/s1. The SMILES string of the molecule is COc1cc(C2(C(=O)N3C[C@@H](C(F)(F)F)[C@H](C(=O)O)C3)CCC2)ccc1C. The van der Waals surface area contributed by atoms with E-state index in [-0.39, 0.29) is 0 Å². The largest absolute Gasteiger partial charge is 0.496 e. The van der Waals surface area contributed by atoms with Gasteiger partial charge in [-0.3, -0.25) is 9.59 Å². The third-order valence-electron chi connectivity index (χ3n) is 5.92. The Morgan fingerprint density at radius 2 is 1.93 bits per heavy atom. The second kappa shape index (κ2) is 6.73. The topological polar surface area (TPSA) is 66.8 Å². The van der Waals surface area contributed by atoms with Crippen LogP contribution in [0, 0.1) is 18.8 Å². The van der Waals surface area contributed by atoms with Crippen molar-refractivity contribution in [3.05, 3.63) is 29.3 Å². The summed E-state index contributed by atoms with van der Waals surface area (Å²) < 4.78 is 45.1. The van der Waals surface area contributed by atoms with Crippen LogP contribution in [0.5, 0.6) is 5.75 Å². The summed E-state index contributed by atoms with van der Waals surface area (Å²) in [6.07, 6.45) is -2.80. The fourth-order valence-corrected chi connectivity index (χ4v) is 4.13. The van der Waals surface area contributed by atoms with Crippen LogP contribution in [0.4, 0.5) is 13.2 Å². The number of carboxylic acids is 1. The van der Waals surface area contributed by atoms with Crippen LogP contribution in [-0.4, -0.2) is 48.3 Å². The van der Waals surface area contributed by atoms with Gasteiger partial charge in [0.05, 0.1) is 24.4 Å². The number of hydrogen-bond acceptors (Lipinski definition) is 3. The molecule has 5 nitrogen and oxygen atoms in total. The Labute approximate surface area is 155 Å². The summed E-state index contributed by atoms with van der Waals surface area (Å²) in [5, 5.41) is 9.18. The van der Waals surface area contributed by atoms with Gasteiger partial charge >= 0.3 is 12.1 Å². The minimum Gasteiger partial charge on any atom is -0.496 e. The summed E-state index contributed by atoms with van der Waals surface area (Å²) in [4.78, 5) is 25.6. The average Bonchev–Trinajstić information content (AvgIpc) is 3.01. The number of hydrogen-bond donors (Lipinski definition) is 1. The third-order valence-corrected chi connectivity index (χ3v) is 5.92. The number of alkyl halides is 3. The van der Waals surface area contributed by atoms with Gasteiger partial charge in [0, 0.05) is 13.1 Å². The molecule has 1 saturated carbocycles. The Balaban J connectivity index is 1.91.